The molecule has 2 aliphatic carbocycles. The highest BCUT2D eigenvalue weighted by Gasteiger charge is 2.43. The van der Waals surface area contributed by atoms with Crippen molar-refractivity contribution in [3.8, 4) is 5.75 Å². The summed E-state index contributed by atoms with van der Waals surface area (Å²) in [6, 6.07) is 26.8. The zero-order valence-corrected chi connectivity index (χ0v) is 30.0. The second-order valence-electron chi connectivity index (χ2n) is 13.8. The van der Waals surface area contributed by atoms with Gasteiger partial charge in [0.05, 0.1) is 22.7 Å². The Morgan fingerprint density at radius 1 is 0.796 bits per heavy atom. The number of carbonyl (C=O) groups excluding carboxylic acids is 4. The smallest absolute Gasteiger partial charge is 0.266 e. The number of rotatable bonds is 8. The molecular weight excluding hydrogens is 699 g/mol. The largest absolute Gasteiger partial charge is 0.491 e. The van der Waals surface area contributed by atoms with Crippen molar-refractivity contribution in [1.29, 1.82) is 0 Å². The number of Topliss-reactive ketones (excluding diaryl/α,β-unsaturated/α-hetero) is 2. The molecule has 264 valence electrons. The fourth-order valence-electron chi connectivity index (χ4n) is 7.56. The number of allylic oxidation sites excluding steroid dienone is 4. The first-order valence-electron chi connectivity index (χ1n) is 17.6. The number of ketones is 2. The maximum atomic E-state index is 14.4. The van der Waals surface area contributed by atoms with Crippen LogP contribution in [0.4, 0.5) is 5.69 Å². The number of H-pyrrole nitrogens is 1. The van der Waals surface area contributed by atoms with Crippen LogP contribution in [0, 0.1) is 0 Å². The Morgan fingerprint density at radius 3 is 2.13 bits per heavy atom. The number of nitrogens with one attached hydrogen (secondary N) is 1. The van der Waals surface area contributed by atoms with Crippen LogP contribution >= 0.6 is 11.8 Å². The van der Waals surface area contributed by atoms with E-state index in [9.17, 15) is 24.0 Å². The summed E-state index contributed by atoms with van der Waals surface area (Å²) in [6.45, 7) is 3.79. The molecule has 1 N–H and O–H groups in total. The summed E-state index contributed by atoms with van der Waals surface area (Å²) in [4.78, 5) is 80.1. The van der Waals surface area contributed by atoms with E-state index < -0.39 is 34.9 Å². The SMILES string of the molecule is CC(C)Oc1ccc(C2=CC=CC2)c(N2C(=O)c3ccc4c5c(ccc(c35)C2=O)C(=O)C(c2nc3ccc(SCc5ccccc5)cc3c(=O)[nH]2)C4=O)c1. The van der Waals surface area contributed by atoms with E-state index in [2.05, 4.69) is 9.97 Å². The van der Waals surface area contributed by atoms with Gasteiger partial charge >= 0.3 is 0 Å². The summed E-state index contributed by atoms with van der Waals surface area (Å²) in [6.07, 6.45) is 6.40. The highest BCUT2D eigenvalue weighted by atomic mass is 32.2. The van der Waals surface area contributed by atoms with Crippen molar-refractivity contribution in [2.75, 3.05) is 4.90 Å². The lowest BCUT2D eigenvalue weighted by Crippen LogP contribution is -2.41. The first-order valence-corrected chi connectivity index (χ1v) is 18.6. The number of thioether (sulfide) groups is 1. The van der Waals surface area contributed by atoms with Crippen molar-refractivity contribution in [2.24, 2.45) is 0 Å². The van der Waals surface area contributed by atoms with E-state index in [-0.39, 0.29) is 45.0 Å². The number of hydrogen-bond acceptors (Lipinski definition) is 8. The van der Waals surface area contributed by atoms with E-state index in [1.165, 1.54) is 24.3 Å². The zero-order chi connectivity index (χ0) is 37.2. The van der Waals surface area contributed by atoms with Gasteiger partial charge in [-0.05, 0) is 86.0 Å². The molecule has 0 spiro atoms. The summed E-state index contributed by atoms with van der Waals surface area (Å²) in [7, 11) is 0. The topological polar surface area (TPSA) is 126 Å². The van der Waals surface area contributed by atoms with Crippen LogP contribution in [0.3, 0.4) is 0 Å². The van der Waals surface area contributed by atoms with Crippen LogP contribution in [-0.2, 0) is 5.75 Å². The van der Waals surface area contributed by atoms with Crippen molar-refractivity contribution in [3.05, 3.63) is 159 Å². The molecular formula is C44H31N3O6S. The molecule has 54 heavy (non-hydrogen) atoms. The van der Waals surface area contributed by atoms with Crippen LogP contribution in [0.5, 0.6) is 5.75 Å². The number of hydrogen-bond donors (Lipinski definition) is 1. The van der Waals surface area contributed by atoms with Gasteiger partial charge in [0.15, 0.2) is 11.6 Å². The average Bonchev–Trinajstić information content (AvgIpc) is 3.71. The molecule has 1 aliphatic heterocycles. The fourth-order valence-corrected chi connectivity index (χ4v) is 8.45. The Hall–Kier alpha value is -6.39. The number of benzene rings is 5. The monoisotopic (exact) mass is 729 g/mol. The van der Waals surface area contributed by atoms with E-state index in [0.717, 1.165) is 32.2 Å². The van der Waals surface area contributed by atoms with Crippen LogP contribution < -0.4 is 15.2 Å². The van der Waals surface area contributed by atoms with Crippen molar-refractivity contribution < 1.29 is 23.9 Å². The average molecular weight is 730 g/mol. The molecule has 9 nitrogen and oxygen atoms in total. The zero-order valence-electron chi connectivity index (χ0n) is 29.2. The number of fused-ring (bicyclic) bond motifs is 1. The van der Waals surface area contributed by atoms with Gasteiger partial charge < -0.3 is 9.72 Å². The van der Waals surface area contributed by atoms with E-state index in [1.807, 2.05) is 80.6 Å². The first-order chi connectivity index (χ1) is 26.2. The second-order valence-corrected chi connectivity index (χ2v) is 14.8. The summed E-state index contributed by atoms with van der Waals surface area (Å²) in [5, 5.41) is 0.855. The molecule has 0 unspecified atom stereocenters. The lowest BCUT2D eigenvalue weighted by molar-refractivity contribution is 0.0842. The summed E-state index contributed by atoms with van der Waals surface area (Å²) >= 11 is 1.59. The van der Waals surface area contributed by atoms with Gasteiger partial charge in [0.1, 0.15) is 17.5 Å². The van der Waals surface area contributed by atoms with E-state index in [1.54, 1.807) is 30.0 Å². The number of aromatic amines is 1. The molecule has 0 fully saturated rings. The Morgan fingerprint density at radius 2 is 1.46 bits per heavy atom. The van der Waals surface area contributed by atoms with Gasteiger partial charge in [0, 0.05) is 55.3 Å². The minimum absolute atomic E-state index is 0.0590. The molecule has 0 radical (unpaired) electrons. The molecule has 2 heterocycles. The van der Waals surface area contributed by atoms with Gasteiger partial charge in [-0.3, -0.25) is 24.0 Å². The quantitative estimate of drug-likeness (QED) is 0.0940. The predicted octanol–water partition coefficient (Wildman–Crippen LogP) is 8.46. The molecule has 0 saturated carbocycles. The number of imide groups is 1. The van der Waals surface area contributed by atoms with Crippen molar-refractivity contribution in [3.63, 3.8) is 0 Å². The summed E-state index contributed by atoms with van der Waals surface area (Å²) in [5.41, 5.74) is 3.85. The number of aromatic nitrogens is 2. The Balaban J connectivity index is 1.09. The maximum absolute atomic E-state index is 14.4. The lowest BCUT2D eigenvalue weighted by Gasteiger charge is -2.31. The molecule has 3 aliphatic rings. The molecule has 6 aromatic rings. The molecule has 5 aromatic carbocycles. The number of amides is 2. The van der Waals surface area contributed by atoms with Crippen LogP contribution in [0.2, 0.25) is 0 Å². The Labute approximate surface area is 313 Å². The third-order valence-electron chi connectivity index (χ3n) is 10.00. The third-order valence-corrected chi connectivity index (χ3v) is 11.1. The second kappa shape index (κ2) is 12.9. The fraction of sp³-hybridized carbons (Fsp3) is 0.136. The minimum atomic E-state index is -1.41. The molecule has 0 saturated heterocycles. The van der Waals surface area contributed by atoms with E-state index in [4.69, 9.17) is 4.74 Å². The number of carbonyl (C=O) groups is 4. The first kappa shape index (κ1) is 33.4. The van der Waals surface area contributed by atoms with Gasteiger partial charge in [-0.1, -0.05) is 48.6 Å². The number of anilines is 1. The van der Waals surface area contributed by atoms with Crippen molar-refractivity contribution in [1.82, 2.24) is 9.97 Å². The van der Waals surface area contributed by atoms with Gasteiger partial charge in [-0.15, -0.1) is 11.8 Å². The molecule has 1 aromatic heterocycles. The Kier molecular flexibility index (Phi) is 8.01. The molecule has 0 atom stereocenters. The van der Waals surface area contributed by atoms with Crippen molar-refractivity contribution in [2.45, 2.75) is 42.9 Å². The number of ether oxygens (including phenoxy) is 1. The minimum Gasteiger partial charge on any atom is -0.491 e. The molecule has 2 amide bonds. The van der Waals surface area contributed by atoms with Crippen LogP contribution in [0.1, 0.15) is 84.6 Å². The standard InChI is InChI=1S/C44H31N3O6S/c1-23(2)53-26-12-14-28(25-10-6-7-11-25)35(20-26)47-43(51)31-17-15-29-36-30(16-18-32(37(31)36)44(47)52)40(49)38(39(29)48)41-45-34-19-13-27(21-33(34)42(50)46-41)54-22-24-8-4-3-5-9-24/h3-10,12-21,23,38H,11,22H2,1-2H3,(H,45,46,50). The molecule has 10 heteroatoms. The highest BCUT2D eigenvalue weighted by Crippen LogP contribution is 2.44. The van der Waals surface area contributed by atoms with Crippen LogP contribution in [0.15, 0.2) is 119 Å². The molecule has 0 bridgehead atoms. The summed E-state index contributed by atoms with van der Waals surface area (Å²) < 4.78 is 5.96. The summed E-state index contributed by atoms with van der Waals surface area (Å²) in [5.74, 6) is -2.53. The van der Waals surface area contributed by atoms with E-state index in [0.29, 0.717) is 28.8 Å². The lowest BCUT2D eigenvalue weighted by atomic mass is 9.76. The highest BCUT2D eigenvalue weighted by molar-refractivity contribution is 7.98. The van der Waals surface area contributed by atoms with E-state index >= 15 is 0 Å². The Bertz CT molecular complexity index is 2700. The maximum Gasteiger partial charge on any atom is 0.266 e. The van der Waals surface area contributed by atoms with Crippen LogP contribution in [-0.4, -0.2) is 39.5 Å². The van der Waals surface area contributed by atoms with Gasteiger partial charge in [0.2, 0.25) is 0 Å². The van der Waals surface area contributed by atoms with Crippen molar-refractivity contribution >= 4 is 68.1 Å². The number of nitrogens with zero attached hydrogens (tertiary/aromatic N) is 2. The predicted molar refractivity (Wildman–Crippen MR) is 209 cm³/mol. The third kappa shape index (κ3) is 5.40. The van der Waals surface area contributed by atoms with Crippen LogP contribution in [0.25, 0.3) is 27.2 Å². The van der Waals surface area contributed by atoms with Gasteiger partial charge in [-0.2, -0.15) is 0 Å². The van der Waals surface area contributed by atoms with Gasteiger partial charge in [-0.25, -0.2) is 9.88 Å². The normalized spacial score (nSPS) is 15.2. The van der Waals surface area contributed by atoms with Gasteiger partial charge in [0.25, 0.3) is 17.4 Å². The molecule has 9 rings (SSSR count).